The summed E-state index contributed by atoms with van der Waals surface area (Å²) >= 11 is 1.44. The molecule has 2 aromatic rings. The number of rotatable bonds is 5. The summed E-state index contributed by atoms with van der Waals surface area (Å²) in [6.07, 6.45) is 4.80. The van der Waals surface area contributed by atoms with Gasteiger partial charge in [-0.25, -0.2) is 0 Å². The molecule has 1 N–H and O–H groups in total. The summed E-state index contributed by atoms with van der Waals surface area (Å²) in [5.74, 6) is 1.87. The molecule has 0 aliphatic heterocycles. The zero-order chi connectivity index (χ0) is 17.8. The van der Waals surface area contributed by atoms with Crippen LogP contribution in [0.3, 0.4) is 0 Å². The molecule has 0 bridgehead atoms. The van der Waals surface area contributed by atoms with Crippen molar-refractivity contribution in [2.75, 3.05) is 5.75 Å². The van der Waals surface area contributed by atoms with Crippen molar-refractivity contribution in [3.63, 3.8) is 0 Å². The minimum Gasteiger partial charge on any atom is -0.352 e. The van der Waals surface area contributed by atoms with E-state index >= 15 is 0 Å². The van der Waals surface area contributed by atoms with Crippen LogP contribution in [0, 0.1) is 12.8 Å². The lowest BCUT2D eigenvalue weighted by Gasteiger charge is -2.29. The molecular weight excluding hydrogens is 332 g/mol. The predicted octanol–water partition coefficient (Wildman–Crippen LogP) is 3.58. The van der Waals surface area contributed by atoms with Crippen molar-refractivity contribution in [2.24, 2.45) is 13.0 Å². The Morgan fingerprint density at radius 3 is 2.80 bits per heavy atom. The van der Waals surface area contributed by atoms with Crippen LogP contribution in [-0.4, -0.2) is 32.5 Å². The SMILES string of the molecule is Cc1ccccc1-c1nnc(SCC(=O)N[C@@H]2CCCC[C@@H]2C)n1C. The van der Waals surface area contributed by atoms with E-state index in [0.717, 1.165) is 23.0 Å². The Morgan fingerprint density at radius 1 is 1.28 bits per heavy atom. The Bertz CT molecular complexity index is 743. The third-order valence-corrected chi connectivity index (χ3v) is 6.03. The first-order chi connectivity index (χ1) is 12.1. The van der Waals surface area contributed by atoms with Gasteiger partial charge in [-0.3, -0.25) is 4.79 Å². The molecule has 134 valence electrons. The number of hydrogen-bond acceptors (Lipinski definition) is 4. The molecule has 25 heavy (non-hydrogen) atoms. The van der Waals surface area contributed by atoms with Gasteiger partial charge in [0.1, 0.15) is 0 Å². The van der Waals surface area contributed by atoms with Gasteiger partial charge in [-0.2, -0.15) is 0 Å². The van der Waals surface area contributed by atoms with E-state index in [1.165, 1.54) is 36.6 Å². The van der Waals surface area contributed by atoms with Crippen LogP contribution in [0.4, 0.5) is 0 Å². The van der Waals surface area contributed by atoms with E-state index in [1.807, 2.05) is 29.8 Å². The van der Waals surface area contributed by atoms with Crippen molar-refractivity contribution in [3.05, 3.63) is 29.8 Å². The zero-order valence-electron chi connectivity index (χ0n) is 15.2. The summed E-state index contributed by atoms with van der Waals surface area (Å²) in [5, 5.41) is 12.5. The standard InChI is InChI=1S/C19H26N4OS/c1-13-8-4-6-10-15(13)18-21-22-19(23(18)3)25-12-17(24)20-16-11-7-5-9-14(16)2/h4,6,8,10,14,16H,5,7,9,11-12H2,1-3H3,(H,20,24)/t14-,16+/m0/s1. The van der Waals surface area contributed by atoms with Gasteiger partial charge in [-0.05, 0) is 31.2 Å². The third kappa shape index (κ3) is 4.24. The maximum Gasteiger partial charge on any atom is 0.230 e. The van der Waals surface area contributed by atoms with Gasteiger partial charge in [-0.1, -0.05) is 55.8 Å². The highest BCUT2D eigenvalue weighted by Gasteiger charge is 2.23. The fraction of sp³-hybridized carbons (Fsp3) is 0.526. The van der Waals surface area contributed by atoms with Crippen molar-refractivity contribution >= 4 is 17.7 Å². The molecule has 3 rings (SSSR count). The zero-order valence-corrected chi connectivity index (χ0v) is 16.0. The Balaban J connectivity index is 1.60. The second kappa shape index (κ2) is 8.04. The molecule has 0 saturated heterocycles. The Hall–Kier alpha value is -1.82. The summed E-state index contributed by atoms with van der Waals surface area (Å²) in [6.45, 7) is 4.30. The molecule has 1 aromatic heterocycles. The highest BCUT2D eigenvalue weighted by Crippen LogP contribution is 2.26. The molecule has 1 aromatic carbocycles. The minimum absolute atomic E-state index is 0.0872. The average molecular weight is 359 g/mol. The minimum atomic E-state index is 0.0872. The van der Waals surface area contributed by atoms with Crippen LogP contribution in [0.15, 0.2) is 29.4 Å². The highest BCUT2D eigenvalue weighted by atomic mass is 32.2. The van der Waals surface area contributed by atoms with E-state index in [-0.39, 0.29) is 5.91 Å². The van der Waals surface area contributed by atoms with Crippen molar-refractivity contribution < 1.29 is 4.79 Å². The second-order valence-corrected chi connectivity index (χ2v) is 7.85. The predicted molar refractivity (Wildman–Crippen MR) is 101 cm³/mol. The molecule has 1 aliphatic rings. The quantitative estimate of drug-likeness (QED) is 0.830. The molecule has 0 radical (unpaired) electrons. The molecule has 1 heterocycles. The van der Waals surface area contributed by atoms with E-state index in [1.54, 1.807) is 0 Å². The van der Waals surface area contributed by atoms with Crippen LogP contribution in [0.25, 0.3) is 11.4 Å². The number of aryl methyl sites for hydroxylation is 1. The topological polar surface area (TPSA) is 59.8 Å². The van der Waals surface area contributed by atoms with Crippen LogP contribution >= 0.6 is 11.8 Å². The van der Waals surface area contributed by atoms with E-state index < -0.39 is 0 Å². The molecular formula is C19H26N4OS. The first kappa shape index (κ1) is 18.0. The Kier molecular flexibility index (Phi) is 5.78. The number of aromatic nitrogens is 3. The maximum absolute atomic E-state index is 12.3. The van der Waals surface area contributed by atoms with Gasteiger partial charge in [0.15, 0.2) is 11.0 Å². The molecule has 1 fully saturated rings. The van der Waals surface area contributed by atoms with E-state index in [0.29, 0.717) is 17.7 Å². The fourth-order valence-corrected chi connectivity index (χ4v) is 4.13. The number of amides is 1. The van der Waals surface area contributed by atoms with E-state index in [2.05, 4.69) is 35.4 Å². The largest absolute Gasteiger partial charge is 0.352 e. The van der Waals surface area contributed by atoms with Gasteiger partial charge < -0.3 is 9.88 Å². The second-order valence-electron chi connectivity index (χ2n) is 6.90. The molecule has 1 aliphatic carbocycles. The molecule has 0 unspecified atom stereocenters. The monoisotopic (exact) mass is 358 g/mol. The van der Waals surface area contributed by atoms with Crippen LogP contribution in [-0.2, 0) is 11.8 Å². The summed E-state index contributed by atoms with van der Waals surface area (Å²) in [7, 11) is 1.95. The van der Waals surface area contributed by atoms with Crippen LogP contribution in [0.5, 0.6) is 0 Å². The maximum atomic E-state index is 12.3. The summed E-state index contributed by atoms with van der Waals surface area (Å²) in [6, 6.07) is 8.45. The summed E-state index contributed by atoms with van der Waals surface area (Å²) < 4.78 is 1.96. The molecule has 1 saturated carbocycles. The van der Waals surface area contributed by atoms with Gasteiger partial charge >= 0.3 is 0 Å². The Morgan fingerprint density at radius 2 is 2.04 bits per heavy atom. The van der Waals surface area contributed by atoms with Gasteiger partial charge in [0.05, 0.1) is 5.75 Å². The van der Waals surface area contributed by atoms with Gasteiger partial charge in [0.2, 0.25) is 5.91 Å². The van der Waals surface area contributed by atoms with Crippen LogP contribution in [0.2, 0.25) is 0 Å². The lowest BCUT2D eigenvalue weighted by molar-refractivity contribution is -0.119. The smallest absolute Gasteiger partial charge is 0.230 e. The van der Waals surface area contributed by atoms with Gasteiger partial charge in [0.25, 0.3) is 0 Å². The summed E-state index contributed by atoms with van der Waals surface area (Å²) in [5.41, 5.74) is 2.24. The first-order valence-electron chi connectivity index (χ1n) is 8.94. The van der Waals surface area contributed by atoms with Crippen molar-refractivity contribution in [1.29, 1.82) is 0 Å². The fourth-order valence-electron chi connectivity index (χ4n) is 3.41. The third-order valence-electron chi connectivity index (χ3n) is 5.01. The number of hydrogen-bond donors (Lipinski definition) is 1. The number of nitrogens with zero attached hydrogens (tertiary/aromatic N) is 3. The van der Waals surface area contributed by atoms with Gasteiger partial charge in [-0.15, -0.1) is 10.2 Å². The van der Waals surface area contributed by atoms with Crippen LogP contribution < -0.4 is 5.32 Å². The first-order valence-corrected chi connectivity index (χ1v) is 9.92. The lowest BCUT2D eigenvalue weighted by atomic mass is 9.86. The molecule has 2 atom stereocenters. The number of nitrogens with one attached hydrogen (secondary N) is 1. The van der Waals surface area contributed by atoms with Crippen molar-refractivity contribution in [3.8, 4) is 11.4 Å². The molecule has 6 heteroatoms. The summed E-state index contributed by atoms with van der Waals surface area (Å²) in [4.78, 5) is 12.3. The number of thioether (sulfide) groups is 1. The lowest BCUT2D eigenvalue weighted by Crippen LogP contribution is -2.41. The van der Waals surface area contributed by atoms with Crippen LogP contribution in [0.1, 0.15) is 38.2 Å². The number of carbonyl (C=O) groups is 1. The average Bonchev–Trinajstić information content (AvgIpc) is 2.96. The van der Waals surface area contributed by atoms with Crippen molar-refractivity contribution in [1.82, 2.24) is 20.1 Å². The highest BCUT2D eigenvalue weighted by molar-refractivity contribution is 7.99. The Labute approximate surface area is 153 Å². The van der Waals surface area contributed by atoms with Gasteiger partial charge in [0, 0.05) is 18.7 Å². The molecule has 0 spiro atoms. The molecule has 1 amide bonds. The number of carbonyl (C=O) groups excluding carboxylic acids is 1. The molecule has 5 nitrogen and oxygen atoms in total. The number of benzene rings is 1. The van der Waals surface area contributed by atoms with Crippen molar-refractivity contribution in [2.45, 2.75) is 50.7 Å². The normalized spacial score (nSPS) is 20.4. The van der Waals surface area contributed by atoms with E-state index in [4.69, 9.17) is 0 Å². The van der Waals surface area contributed by atoms with E-state index in [9.17, 15) is 4.79 Å².